The van der Waals surface area contributed by atoms with Crippen molar-refractivity contribution in [1.29, 1.82) is 0 Å². The van der Waals surface area contributed by atoms with Crippen LogP contribution >= 0.6 is 0 Å². The van der Waals surface area contributed by atoms with Crippen LogP contribution in [0.3, 0.4) is 0 Å². The van der Waals surface area contributed by atoms with Gasteiger partial charge < -0.3 is 10.4 Å². The first-order chi connectivity index (χ1) is 9.16. The van der Waals surface area contributed by atoms with E-state index in [0.717, 1.165) is 11.3 Å². The normalized spacial score (nSPS) is 12.1. The molecule has 19 heavy (non-hydrogen) atoms. The topological polar surface area (TPSA) is 75.1 Å². The summed E-state index contributed by atoms with van der Waals surface area (Å²) < 4.78 is 0. The maximum Gasteiger partial charge on any atom is 0.337 e. The first-order valence-electron chi connectivity index (χ1n) is 5.98. The zero-order chi connectivity index (χ0) is 13.7. The average Bonchev–Trinajstić information content (AvgIpc) is 2.46. The molecule has 2 rings (SSSR count). The van der Waals surface area contributed by atoms with Gasteiger partial charge in [0.1, 0.15) is 0 Å². The zero-order valence-corrected chi connectivity index (χ0v) is 10.6. The maximum atomic E-state index is 10.7. The Morgan fingerprint density at radius 1 is 1.37 bits per heavy atom. The molecule has 0 aliphatic rings. The molecule has 0 unspecified atom stereocenters. The lowest BCUT2D eigenvalue weighted by Gasteiger charge is -2.13. The highest BCUT2D eigenvalue weighted by molar-refractivity contribution is 5.87. The van der Waals surface area contributed by atoms with Crippen LogP contribution in [0, 0.1) is 0 Å². The maximum absolute atomic E-state index is 10.7. The van der Waals surface area contributed by atoms with E-state index in [4.69, 9.17) is 5.11 Å². The molecule has 0 aliphatic heterocycles. The first kappa shape index (κ1) is 13.2. The molecular weight excluding hydrogens is 242 g/mol. The molecule has 0 fully saturated rings. The SMILES string of the molecule is C[C@@H](NCc1ccc(C(=O)O)cn1)c1cccnc1. The van der Waals surface area contributed by atoms with Crippen LogP contribution in [0.25, 0.3) is 0 Å². The number of nitrogens with one attached hydrogen (secondary N) is 1. The number of carboxylic acids is 1. The van der Waals surface area contributed by atoms with Crippen molar-refractivity contribution < 1.29 is 9.90 Å². The predicted octanol–water partition coefficient (Wildman–Crippen LogP) is 2.03. The van der Waals surface area contributed by atoms with E-state index in [1.54, 1.807) is 18.3 Å². The van der Waals surface area contributed by atoms with Crippen LogP contribution in [0.15, 0.2) is 42.9 Å². The van der Waals surface area contributed by atoms with Crippen molar-refractivity contribution in [2.45, 2.75) is 19.5 Å². The van der Waals surface area contributed by atoms with Gasteiger partial charge in [-0.3, -0.25) is 9.97 Å². The lowest BCUT2D eigenvalue weighted by Crippen LogP contribution is -2.19. The third-order valence-corrected chi connectivity index (χ3v) is 2.85. The smallest absolute Gasteiger partial charge is 0.337 e. The van der Waals surface area contributed by atoms with Gasteiger partial charge in [-0.15, -0.1) is 0 Å². The summed E-state index contributed by atoms with van der Waals surface area (Å²) in [4.78, 5) is 18.9. The van der Waals surface area contributed by atoms with Gasteiger partial charge in [-0.2, -0.15) is 0 Å². The largest absolute Gasteiger partial charge is 0.478 e. The lowest BCUT2D eigenvalue weighted by molar-refractivity contribution is 0.0696. The lowest BCUT2D eigenvalue weighted by atomic mass is 10.1. The number of hydrogen-bond acceptors (Lipinski definition) is 4. The highest BCUT2D eigenvalue weighted by Gasteiger charge is 2.06. The molecule has 0 amide bonds. The Balaban J connectivity index is 1.93. The zero-order valence-electron chi connectivity index (χ0n) is 10.6. The third kappa shape index (κ3) is 3.59. The van der Waals surface area contributed by atoms with Crippen molar-refractivity contribution in [3.05, 3.63) is 59.7 Å². The monoisotopic (exact) mass is 257 g/mol. The van der Waals surface area contributed by atoms with Gasteiger partial charge in [-0.25, -0.2) is 4.79 Å². The highest BCUT2D eigenvalue weighted by Crippen LogP contribution is 2.10. The Labute approximate surface area is 111 Å². The highest BCUT2D eigenvalue weighted by atomic mass is 16.4. The van der Waals surface area contributed by atoms with E-state index >= 15 is 0 Å². The summed E-state index contributed by atoms with van der Waals surface area (Å²) in [5.74, 6) is -0.962. The number of rotatable bonds is 5. The van der Waals surface area contributed by atoms with Crippen LogP contribution < -0.4 is 5.32 Å². The number of carboxylic acid groups (broad SMARTS) is 1. The van der Waals surface area contributed by atoms with Gasteiger partial charge in [-0.1, -0.05) is 6.07 Å². The third-order valence-electron chi connectivity index (χ3n) is 2.85. The number of pyridine rings is 2. The van der Waals surface area contributed by atoms with Crippen LogP contribution in [0.2, 0.25) is 0 Å². The fourth-order valence-corrected chi connectivity index (χ4v) is 1.66. The van der Waals surface area contributed by atoms with Gasteiger partial charge in [0, 0.05) is 31.2 Å². The van der Waals surface area contributed by atoms with Gasteiger partial charge in [-0.05, 0) is 30.7 Å². The van der Waals surface area contributed by atoms with E-state index in [0.29, 0.717) is 6.54 Å². The minimum absolute atomic E-state index is 0.162. The summed E-state index contributed by atoms with van der Waals surface area (Å²) in [6, 6.07) is 7.33. The Kier molecular flexibility index (Phi) is 4.20. The van der Waals surface area contributed by atoms with Crippen LogP contribution in [0.1, 0.15) is 34.6 Å². The molecular formula is C14H15N3O2. The molecule has 0 radical (unpaired) electrons. The van der Waals surface area contributed by atoms with Crippen molar-refractivity contribution in [2.24, 2.45) is 0 Å². The van der Waals surface area contributed by atoms with Crippen LogP contribution in [-0.2, 0) is 6.54 Å². The summed E-state index contributed by atoms with van der Waals surface area (Å²) in [5, 5.41) is 12.1. The molecule has 1 atom stereocenters. The second kappa shape index (κ2) is 6.06. The van der Waals surface area contributed by atoms with Crippen molar-refractivity contribution in [2.75, 3.05) is 0 Å². The van der Waals surface area contributed by atoms with Crippen molar-refractivity contribution in [3.63, 3.8) is 0 Å². The average molecular weight is 257 g/mol. The second-order valence-electron chi connectivity index (χ2n) is 4.23. The van der Waals surface area contributed by atoms with E-state index in [-0.39, 0.29) is 11.6 Å². The molecule has 0 aliphatic carbocycles. The molecule has 5 heteroatoms. The Hall–Kier alpha value is -2.27. The van der Waals surface area contributed by atoms with Crippen molar-refractivity contribution in [1.82, 2.24) is 15.3 Å². The Morgan fingerprint density at radius 2 is 2.21 bits per heavy atom. The quantitative estimate of drug-likeness (QED) is 0.857. The number of hydrogen-bond donors (Lipinski definition) is 2. The van der Waals surface area contributed by atoms with Crippen LogP contribution in [-0.4, -0.2) is 21.0 Å². The number of carbonyl (C=O) groups is 1. The van der Waals surface area contributed by atoms with Crippen molar-refractivity contribution in [3.8, 4) is 0 Å². The summed E-state index contributed by atoms with van der Waals surface area (Å²) >= 11 is 0. The molecule has 2 aromatic heterocycles. The van der Waals surface area contributed by atoms with Crippen molar-refractivity contribution >= 4 is 5.97 Å². The molecule has 0 aromatic carbocycles. The minimum atomic E-state index is -0.962. The summed E-state index contributed by atoms with van der Waals surface area (Å²) in [7, 11) is 0. The van der Waals surface area contributed by atoms with Gasteiger partial charge >= 0.3 is 5.97 Å². The van der Waals surface area contributed by atoms with E-state index in [1.807, 2.05) is 25.3 Å². The van der Waals surface area contributed by atoms with E-state index in [1.165, 1.54) is 6.20 Å². The summed E-state index contributed by atoms with van der Waals surface area (Å²) in [6.07, 6.45) is 4.93. The number of aromatic carboxylic acids is 1. The molecule has 2 heterocycles. The van der Waals surface area contributed by atoms with Gasteiger partial charge in [0.15, 0.2) is 0 Å². The molecule has 2 N–H and O–H groups in total. The predicted molar refractivity (Wildman–Crippen MR) is 70.7 cm³/mol. The molecule has 2 aromatic rings. The minimum Gasteiger partial charge on any atom is -0.478 e. The Morgan fingerprint density at radius 3 is 2.79 bits per heavy atom. The van der Waals surface area contributed by atoms with Crippen LogP contribution in [0.5, 0.6) is 0 Å². The van der Waals surface area contributed by atoms with Gasteiger partial charge in [0.2, 0.25) is 0 Å². The standard InChI is InChI=1S/C14H15N3O2/c1-10(11-3-2-6-15-7-11)16-9-13-5-4-12(8-17-13)14(18)19/h2-8,10,16H,9H2,1H3,(H,18,19)/t10-/m1/s1. The van der Waals surface area contributed by atoms with E-state index in [9.17, 15) is 4.79 Å². The molecule has 5 nitrogen and oxygen atoms in total. The molecule has 0 bridgehead atoms. The fourth-order valence-electron chi connectivity index (χ4n) is 1.66. The molecule has 0 spiro atoms. The second-order valence-corrected chi connectivity index (χ2v) is 4.23. The summed E-state index contributed by atoms with van der Waals surface area (Å²) in [5.41, 5.74) is 2.11. The van der Waals surface area contributed by atoms with E-state index < -0.39 is 5.97 Å². The van der Waals surface area contributed by atoms with E-state index in [2.05, 4.69) is 15.3 Å². The van der Waals surface area contributed by atoms with Gasteiger partial charge in [0.25, 0.3) is 0 Å². The first-order valence-corrected chi connectivity index (χ1v) is 5.98. The molecule has 98 valence electrons. The molecule has 0 saturated heterocycles. The van der Waals surface area contributed by atoms with Crippen LogP contribution in [0.4, 0.5) is 0 Å². The fraction of sp³-hybridized carbons (Fsp3) is 0.214. The number of nitrogens with zero attached hydrogens (tertiary/aromatic N) is 2. The number of aromatic nitrogens is 2. The van der Waals surface area contributed by atoms with Gasteiger partial charge in [0.05, 0.1) is 11.3 Å². The molecule has 0 saturated carbocycles. The summed E-state index contributed by atoms with van der Waals surface area (Å²) in [6.45, 7) is 2.62. The Bertz CT molecular complexity index is 540.